The molecule has 0 atom stereocenters. The van der Waals surface area contributed by atoms with Gasteiger partial charge in [0.1, 0.15) is 5.75 Å². The zero-order valence-electron chi connectivity index (χ0n) is 9.33. The third-order valence-electron chi connectivity index (χ3n) is 2.05. The van der Waals surface area contributed by atoms with Crippen LogP contribution in [-0.4, -0.2) is 43.1 Å². The van der Waals surface area contributed by atoms with Crippen molar-refractivity contribution in [3.05, 3.63) is 27.3 Å². The van der Waals surface area contributed by atoms with E-state index in [9.17, 15) is 9.90 Å². The summed E-state index contributed by atoms with van der Waals surface area (Å²) in [5, 5.41) is 12.3. The summed E-state index contributed by atoms with van der Waals surface area (Å²) in [4.78, 5) is 13.7. The van der Waals surface area contributed by atoms with Crippen LogP contribution in [0, 0.1) is 3.57 Å². The molecular weight excluding hydrogens is 319 g/mol. The number of carbonyl (C=O) groups excluding carboxylic acids is 1. The molecule has 0 saturated heterocycles. The second-order valence-electron chi connectivity index (χ2n) is 3.72. The molecule has 0 heterocycles. The highest BCUT2D eigenvalue weighted by Gasteiger charge is 2.10. The smallest absolute Gasteiger partial charge is 0.255 e. The largest absolute Gasteiger partial charge is 0.507 e. The lowest BCUT2D eigenvalue weighted by atomic mass is 10.2. The van der Waals surface area contributed by atoms with Gasteiger partial charge >= 0.3 is 0 Å². The van der Waals surface area contributed by atoms with Crippen molar-refractivity contribution in [2.45, 2.75) is 0 Å². The Balaban J connectivity index is 2.62. The SMILES string of the molecule is CN(C)CCNC(=O)c1cc(I)ccc1O. The van der Waals surface area contributed by atoms with Crippen LogP contribution in [0.2, 0.25) is 0 Å². The number of amides is 1. The molecule has 1 amide bonds. The van der Waals surface area contributed by atoms with Crippen LogP contribution in [0.3, 0.4) is 0 Å². The lowest BCUT2D eigenvalue weighted by Crippen LogP contribution is -2.31. The lowest BCUT2D eigenvalue weighted by Gasteiger charge is -2.11. The number of hydrogen-bond acceptors (Lipinski definition) is 3. The van der Waals surface area contributed by atoms with Crippen LogP contribution in [0.5, 0.6) is 5.75 Å². The minimum Gasteiger partial charge on any atom is -0.507 e. The van der Waals surface area contributed by atoms with E-state index in [1.54, 1.807) is 12.1 Å². The lowest BCUT2D eigenvalue weighted by molar-refractivity contribution is 0.0948. The fourth-order valence-corrected chi connectivity index (χ4v) is 1.67. The van der Waals surface area contributed by atoms with Crippen molar-refractivity contribution >= 4 is 28.5 Å². The van der Waals surface area contributed by atoms with Gasteiger partial charge in [0.25, 0.3) is 5.91 Å². The molecule has 0 aliphatic rings. The van der Waals surface area contributed by atoms with Crippen LogP contribution in [-0.2, 0) is 0 Å². The Morgan fingerprint density at radius 1 is 1.50 bits per heavy atom. The molecule has 1 rings (SSSR count). The van der Waals surface area contributed by atoms with E-state index in [0.717, 1.165) is 10.1 Å². The minimum absolute atomic E-state index is 0.0165. The standard InChI is InChI=1S/C11H15IN2O2/c1-14(2)6-5-13-11(16)9-7-8(12)3-4-10(9)15/h3-4,7,15H,5-6H2,1-2H3,(H,13,16). The number of phenolic OH excluding ortho intramolecular Hbond substituents is 1. The summed E-state index contributed by atoms with van der Waals surface area (Å²) in [5.74, 6) is -0.222. The molecule has 4 nitrogen and oxygen atoms in total. The summed E-state index contributed by atoms with van der Waals surface area (Å²) in [6.07, 6.45) is 0. The Hall–Kier alpha value is -0.820. The summed E-state index contributed by atoms with van der Waals surface area (Å²) in [7, 11) is 3.88. The van der Waals surface area contributed by atoms with Crippen LogP contribution in [0.4, 0.5) is 0 Å². The molecule has 0 bridgehead atoms. The van der Waals surface area contributed by atoms with E-state index in [-0.39, 0.29) is 11.7 Å². The van der Waals surface area contributed by atoms with Gasteiger partial charge < -0.3 is 15.3 Å². The Labute approximate surface area is 109 Å². The number of aromatic hydroxyl groups is 1. The molecule has 2 N–H and O–H groups in total. The predicted octanol–water partition coefficient (Wildman–Crippen LogP) is 1.29. The first-order chi connectivity index (χ1) is 7.50. The molecule has 0 fully saturated rings. The van der Waals surface area contributed by atoms with E-state index in [2.05, 4.69) is 27.9 Å². The molecule has 0 aromatic heterocycles. The van der Waals surface area contributed by atoms with Gasteiger partial charge in [-0.15, -0.1) is 0 Å². The molecule has 0 saturated carbocycles. The molecular formula is C11H15IN2O2. The molecule has 0 radical (unpaired) electrons. The minimum atomic E-state index is -0.238. The first-order valence-electron chi connectivity index (χ1n) is 4.92. The monoisotopic (exact) mass is 334 g/mol. The van der Waals surface area contributed by atoms with Gasteiger partial charge in [-0.25, -0.2) is 0 Å². The zero-order valence-corrected chi connectivity index (χ0v) is 11.5. The number of likely N-dealkylation sites (N-methyl/N-ethyl adjacent to an activating group) is 1. The highest BCUT2D eigenvalue weighted by Crippen LogP contribution is 2.19. The number of rotatable bonds is 4. The number of nitrogens with one attached hydrogen (secondary N) is 1. The van der Waals surface area contributed by atoms with Crippen molar-refractivity contribution in [2.75, 3.05) is 27.2 Å². The van der Waals surface area contributed by atoms with Gasteiger partial charge in [0.15, 0.2) is 0 Å². The number of benzene rings is 1. The predicted molar refractivity (Wildman–Crippen MR) is 71.7 cm³/mol. The molecule has 0 spiro atoms. The van der Waals surface area contributed by atoms with Crippen LogP contribution in [0.1, 0.15) is 10.4 Å². The first-order valence-corrected chi connectivity index (χ1v) is 6.00. The summed E-state index contributed by atoms with van der Waals surface area (Å²) >= 11 is 2.10. The van der Waals surface area contributed by atoms with Crippen LogP contribution in [0.25, 0.3) is 0 Å². The Morgan fingerprint density at radius 3 is 2.81 bits per heavy atom. The van der Waals surface area contributed by atoms with Gasteiger partial charge in [-0.1, -0.05) is 0 Å². The summed E-state index contributed by atoms with van der Waals surface area (Å²) in [6, 6.07) is 4.95. The maximum atomic E-state index is 11.7. The first kappa shape index (κ1) is 13.2. The highest BCUT2D eigenvalue weighted by molar-refractivity contribution is 14.1. The van der Waals surface area contributed by atoms with Gasteiger partial charge in [0, 0.05) is 16.7 Å². The maximum absolute atomic E-state index is 11.7. The van der Waals surface area contributed by atoms with E-state index in [4.69, 9.17) is 0 Å². The number of hydrogen-bond donors (Lipinski definition) is 2. The van der Waals surface area contributed by atoms with Crippen LogP contribution >= 0.6 is 22.6 Å². The second kappa shape index (κ2) is 6.05. The molecule has 1 aromatic rings. The molecule has 5 heteroatoms. The highest BCUT2D eigenvalue weighted by atomic mass is 127. The third-order valence-corrected chi connectivity index (χ3v) is 2.72. The second-order valence-corrected chi connectivity index (χ2v) is 4.97. The van der Waals surface area contributed by atoms with Crippen molar-refractivity contribution in [2.24, 2.45) is 0 Å². The van der Waals surface area contributed by atoms with Gasteiger partial charge in [0.05, 0.1) is 5.56 Å². The zero-order chi connectivity index (χ0) is 12.1. The Bertz CT molecular complexity index is 380. The van der Waals surface area contributed by atoms with Crippen LogP contribution < -0.4 is 5.32 Å². The molecule has 0 unspecified atom stereocenters. The van der Waals surface area contributed by atoms with E-state index >= 15 is 0 Å². The van der Waals surface area contributed by atoms with E-state index in [1.807, 2.05) is 19.0 Å². The number of phenols is 1. The van der Waals surface area contributed by atoms with Crippen molar-refractivity contribution in [1.82, 2.24) is 10.2 Å². The van der Waals surface area contributed by atoms with Crippen molar-refractivity contribution < 1.29 is 9.90 Å². The average Bonchev–Trinajstić information content (AvgIpc) is 2.21. The molecule has 16 heavy (non-hydrogen) atoms. The number of halogens is 1. The van der Waals surface area contributed by atoms with Crippen molar-refractivity contribution in [1.29, 1.82) is 0 Å². The number of carbonyl (C=O) groups is 1. The maximum Gasteiger partial charge on any atom is 0.255 e. The van der Waals surface area contributed by atoms with E-state index in [0.29, 0.717) is 12.1 Å². The third kappa shape index (κ3) is 3.97. The molecule has 88 valence electrons. The Morgan fingerprint density at radius 2 is 2.19 bits per heavy atom. The quantitative estimate of drug-likeness (QED) is 0.816. The van der Waals surface area contributed by atoms with Crippen molar-refractivity contribution in [3.63, 3.8) is 0 Å². The number of nitrogens with zero attached hydrogens (tertiary/aromatic N) is 1. The van der Waals surface area contributed by atoms with Gasteiger partial charge in [-0.3, -0.25) is 4.79 Å². The van der Waals surface area contributed by atoms with Crippen LogP contribution in [0.15, 0.2) is 18.2 Å². The van der Waals surface area contributed by atoms with E-state index < -0.39 is 0 Å². The van der Waals surface area contributed by atoms with Gasteiger partial charge in [-0.05, 0) is 54.9 Å². The van der Waals surface area contributed by atoms with Gasteiger partial charge in [0.2, 0.25) is 0 Å². The van der Waals surface area contributed by atoms with E-state index in [1.165, 1.54) is 6.07 Å². The molecule has 0 aliphatic heterocycles. The summed E-state index contributed by atoms with van der Waals surface area (Å²) in [5.41, 5.74) is 0.325. The Kier molecular flexibility index (Phi) is 5.01. The molecule has 0 aliphatic carbocycles. The average molecular weight is 334 g/mol. The summed E-state index contributed by atoms with van der Waals surface area (Å²) in [6.45, 7) is 1.34. The van der Waals surface area contributed by atoms with Gasteiger partial charge in [-0.2, -0.15) is 0 Å². The normalized spacial score (nSPS) is 10.5. The molecule has 1 aromatic carbocycles. The van der Waals surface area contributed by atoms with Crippen molar-refractivity contribution in [3.8, 4) is 5.75 Å². The summed E-state index contributed by atoms with van der Waals surface area (Å²) < 4.78 is 0.924. The fraction of sp³-hybridized carbons (Fsp3) is 0.364. The fourth-order valence-electron chi connectivity index (χ4n) is 1.18. The topological polar surface area (TPSA) is 52.6 Å².